The van der Waals surface area contributed by atoms with Gasteiger partial charge >= 0.3 is 6.18 Å². The van der Waals surface area contributed by atoms with Crippen molar-refractivity contribution < 1.29 is 17.9 Å². The summed E-state index contributed by atoms with van der Waals surface area (Å²) in [6.07, 6.45) is -2.64. The van der Waals surface area contributed by atoms with E-state index in [1.165, 1.54) is 0 Å². The highest BCUT2D eigenvalue weighted by atomic mass is 19.4. The van der Waals surface area contributed by atoms with Crippen molar-refractivity contribution in [1.29, 1.82) is 0 Å². The summed E-state index contributed by atoms with van der Waals surface area (Å²) in [4.78, 5) is 0. The van der Waals surface area contributed by atoms with Gasteiger partial charge in [-0.05, 0) is 23.6 Å². The van der Waals surface area contributed by atoms with Crippen LogP contribution in [0.3, 0.4) is 0 Å². The van der Waals surface area contributed by atoms with E-state index < -0.39 is 12.8 Å². The zero-order chi connectivity index (χ0) is 12.5. The van der Waals surface area contributed by atoms with Crippen LogP contribution < -0.4 is 5.73 Å². The van der Waals surface area contributed by atoms with E-state index >= 15 is 0 Å². The topological polar surface area (TPSA) is 40.2 Å². The Balaban J connectivity index is 2.11. The molecule has 0 unspecified atom stereocenters. The molecule has 6 heteroatoms. The Labute approximate surface area is 95.6 Å². The van der Waals surface area contributed by atoms with Crippen LogP contribution in [0.4, 0.5) is 18.9 Å². The quantitative estimate of drug-likeness (QED) is 0.843. The van der Waals surface area contributed by atoms with Gasteiger partial charge in [0, 0.05) is 11.9 Å². The second-order valence-electron chi connectivity index (χ2n) is 3.70. The minimum atomic E-state index is -4.30. The van der Waals surface area contributed by atoms with Gasteiger partial charge in [0.25, 0.3) is 0 Å². The van der Waals surface area contributed by atoms with E-state index in [9.17, 15) is 13.2 Å². The zero-order valence-corrected chi connectivity index (χ0v) is 8.87. The second-order valence-corrected chi connectivity index (χ2v) is 3.70. The lowest BCUT2D eigenvalue weighted by Gasteiger charge is -2.09. The van der Waals surface area contributed by atoms with Gasteiger partial charge in [-0.2, -0.15) is 13.2 Å². The van der Waals surface area contributed by atoms with Gasteiger partial charge in [-0.25, -0.2) is 0 Å². The van der Waals surface area contributed by atoms with Crippen molar-refractivity contribution in [3.8, 4) is 0 Å². The zero-order valence-electron chi connectivity index (χ0n) is 8.87. The molecule has 1 aromatic heterocycles. The molecule has 2 aromatic rings. The number of benzene rings is 1. The van der Waals surface area contributed by atoms with E-state index in [-0.39, 0.29) is 6.73 Å². The van der Waals surface area contributed by atoms with Crippen molar-refractivity contribution >= 4 is 16.6 Å². The lowest BCUT2D eigenvalue weighted by molar-refractivity contribution is -0.181. The minimum absolute atomic E-state index is 0.146. The van der Waals surface area contributed by atoms with E-state index in [4.69, 9.17) is 5.73 Å². The molecule has 1 heterocycles. The molecule has 0 aliphatic carbocycles. The Morgan fingerprint density at radius 1 is 1.24 bits per heavy atom. The van der Waals surface area contributed by atoms with Crippen LogP contribution in [0.5, 0.6) is 0 Å². The molecule has 3 nitrogen and oxygen atoms in total. The number of rotatable bonds is 3. The largest absolute Gasteiger partial charge is 0.411 e. The fraction of sp³-hybridized carbons (Fsp3) is 0.273. The van der Waals surface area contributed by atoms with Crippen molar-refractivity contribution in [3.05, 3.63) is 30.5 Å². The molecule has 0 saturated carbocycles. The standard InChI is InChI=1S/C11H11F3N2O/c12-11(13,14)6-17-7-16-4-3-8-1-2-9(15)5-10(8)16/h1-5H,6-7,15H2. The predicted octanol–water partition coefficient (Wildman–Crippen LogP) is 2.76. The van der Waals surface area contributed by atoms with Crippen LogP contribution in [-0.4, -0.2) is 17.4 Å². The number of hydrogen-bond acceptors (Lipinski definition) is 2. The molecular weight excluding hydrogens is 233 g/mol. The smallest absolute Gasteiger partial charge is 0.399 e. The molecule has 0 atom stereocenters. The summed E-state index contributed by atoms with van der Waals surface area (Å²) in [7, 11) is 0. The molecule has 0 spiro atoms. The monoisotopic (exact) mass is 244 g/mol. The lowest BCUT2D eigenvalue weighted by Crippen LogP contribution is -2.18. The Morgan fingerprint density at radius 3 is 2.71 bits per heavy atom. The van der Waals surface area contributed by atoms with Crippen LogP contribution in [0, 0.1) is 0 Å². The van der Waals surface area contributed by atoms with E-state index in [0.717, 1.165) is 10.9 Å². The molecule has 0 saturated heterocycles. The second kappa shape index (κ2) is 4.29. The first-order chi connectivity index (χ1) is 7.96. The first-order valence-corrected chi connectivity index (χ1v) is 4.94. The van der Waals surface area contributed by atoms with E-state index in [1.54, 1.807) is 29.0 Å². The van der Waals surface area contributed by atoms with Gasteiger partial charge in [0.05, 0.1) is 5.52 Å². The van der Waals surface area contributed by atoms with Crippen LogP contribution in [0.25, 0.3) is 10.9 Å². The molecule has 0 bridgehead atoms. The molecule has 0 radical (unpaired) electrons. The molecule has 0 fully saturated rings. The van der Waals surface area contributed by atoms with Gasteiger partial charge in [-0.1, -0.05) is 6.07 Å². The molecule has 92 valence electrons. The number of nitrogens with two attached hydrogens (primary N) is 1. The van der Waals surface area contributed by atoms with Crippen molar-refractivity contribution in [2.75, 3.05) is 12.3 Å². The summed E-state index contributed by atoms with van der Waals surface area (Å²) < 4.78 is 41.9. The third kappa shape index (κ3) is 2.91. The van der Waals surface area contributed by atoms with Gasteiger partial charge in [0.15, 0.2) is 0 Å². The van der Waals surface area contributed by atoms with Crippen LogP contribution in [-0.2, 0) is 11.5 Å². The minimum Gasteiger partial charge on any atom is -0.399 e. The van der Waals surface area contributed by atoms with Crippen molar-refractivity contribution in [1.82, 2.24) is 4.57 Å². The maximum atomic E-state index is 11.9. The molecule has 0 aliphatic rings. The highest BCUT2D eigenvalue weighted by Gasteiger charge is 2.27. The highest BCUT2D eigenvalue weighted by Crippen LogP contribution is 2.20. The molecule has 17 heavy (non-hydrogen) atoms. The summed E-state index contributed by atoms with van der Waals surface area (Å²) in [6, 6.07) is 7.05. The van der Waals surface area contributed by atoms with Gasteiger partial charge in [-0.15, -0.1) is 0 Å². The number of hydrogen-bond donors (Lipinski definition) is 1. The number of nitrogen functional groups attached to an aromatic ring is 1. The molecule has 1 aromatic carbocycles. The van der Waals surface area contributed by atoms with Crippen LogP contribution >= 0.6 is 0 Å². The van der Waals surface area contributed by atoms with Crippen molar-refractivity contribution in [2.24, 2.45) is 0 Å². The number of halogens is 3. The third-order valence-corrected chi connectivity index (χ3v) is 2.29. The van der Waals surface area contributed by atoms with E-state index in [2.05, 4.69) is 4.74 Å². The maximum Gasteiger partial charge on any atom is 0.411 e. The Kier molecular flexibility index (Phi) is 2.97. The van der Waals surface area contributed by atoms with Crippen molar-refractivity contribution in [2.45, 2.75) is 12.9 Å². The number of nitrogens with zero attached hydrogens (tertiary/aromatic N) is 1. The van der Waals surface area contributed by atoms with E-state index in [0.29, 0.717) is 5.69 Å². The highest BCUT2D eigenvalue weighted by molar-refractivity contribution is 5.83. The first-order valence-electron chi connectivity index (χ1n) is 4.94. The average molecular weight is 244 g/mol. The SMILES string of the molecule is Nc1ccc2ccn(COCC(F)(F)F)c2c1. The lowest BCUT2D eigenvalue weighted by atomic mass is 10.2. The van der Waals surface area contributed by atoms with E-state index in [1.807, 2.05) is 6.07 Å². The molecule has 2 rings (SSSR count). The normalized spacial score (nSPS) is 12.2. The molecular formula is C11H11F3N2O. The Bertz CT molecular complexity index is 519. The molecule has 0 amide bonds. The fourth-order valence-corrected chi connectivity index (χ4v) is 1.57. The van der Waals surface area contributed by atoms with Crippen molar-refractivity contribution in [3.63, 3.8) is 0 Å². The predicted molar refractivity (Wildman–Crippen MR) is 58.4 cm³/mol. The number of fused-ring (bicyclic) bond motifs is 1. The number of alkyl halides is 3. The van der Waals surface area contributed by atoms with Crippen LogP contribution in [0.2, 0.25) is 0 Å². The van der Waals surface area contributed by atoms with Crippen LogP contribution in [0.15, 0.2) is 30.5 Å². The van der Waals surface area contributed by atoms with Crippen LogP contribution in [0.1, 0.15) is 0 Å². The maximum absolute atomic E-state index is 11.9. The first kappa shape index (κ1) is 11.8. The van der Waals surface area contributed by atoms with Gasteiger partial charge in [0.2, 0.25) is 0 Å². The summed E-state index contributed by atoms with van der Waals surface area (Å²) in [5.41, 5.74) is 6.94. The summed E-state index contributed by atoms with van der Waals surface area (Å²) in [5, 5.41) is 0.912. The average Bonchev–Trinajstić information content (AvgIpc) is 2.59. The van der Waals surface area contributed by atoms with Gasteiger partial charge in [0.1, 0.15) is 13.3 Å². The number of aromatic nitrogens is 1. The van der Waals surface area contributed by atoms with Gasteiger partial charge < -0.3 is 15.0 Å². The third-order valence-electron chi connectivity index (χ3n) is 2.29. The summed E-state index contributed by atoms with van der Waals surface area (Å²) in [6.45, 7) is -1.40. The fourth-order valence-electron chi connectivity index (χ4n) is 1.57. The summed E-state index contributed by atoms with van der Waals surface area (Å²) in [5.74, 6) is 0. The number of ether oxygens (including phenoxy) is 1. The summed E-state index contributed by atoms with van der Waals surface area (Å²) >= 11 is 0. The number of anilines is 1. The Morgan fingerprint density at radius 2 is 2.00 bits per heavy atom. The van der Waals surface area contributed by atoms with Gasteiger partial charge in [-0.3, -0.25) is 0 Å². The Hall–Kier alpha value is -1.69. The molecule has 0 aliphatic heterocycles. The molecule has 2 N–H and O–H groups in total.